The molecule has 0 saturated carbocycles. The maximum Gasteiger partial charge on any atom is 0.137 e. The van der Waals surface area contributed by atoms with Crippen LogP contribution < -0.4 is 9.47 Å². The summed E-state index contributed by atoms with van der Waals surface area (Å²) in [6.07, 6.45) is 0. The highest BCUT2D eigenvalue weighted by atomic mass is 79.9. The summed E-state index contributed by atoms with van der Waals surface area (Å²) >= 11 is 3.36. The molecule has 0 saturated heterocycles. The van der Waals surface area contributed by atoms with Crippen LogP contribution in [-0.4, -0.2) is 14.2 Å². The van der Waals surface area contributed by atoms with Crippen molar-refractivity contribution in [2.24, 2.45) is 0 Å². The molecule has 12 heavy (non-hydrogen) atoms. The number of benzene rings is 1. The van der Waals surface area contributed by atoms with Crippen LogP contribution in [0.25, 0.3) is 0 Å². The van der Waals surface area contributed by atoms with E-state index in [4.69, 9.17) is 9.47 Å². The molecule has 1 radical (unpaired) electrons. The molecule has 0 aromatic heterocycles. The summed E-state index contributed by atoms with van der Waals surface area (Å²) in [5.41, 5.74) is 0.868. The van der Waals surface area contributed by atoms with Crippen molar-refractivity contribution in [1.29, 1.82) is 0 Å². The van der Waals surface area contributed by atoms with Crippen molar-refractivity contribution in [3.05, 3.63) is 29.1 Å². The van der Waals surface area contributed by atoms with Crippen molar-refractivity contribution >= 4 is 15.9 Å². The second-order valence-corrected chi connectivity index (χ2v) is 3.11. The van der Waals surface area contributed by atoms with Gasteiger partial charge < -0.3 is 9.47 Å². The van der Waals surface area contributed by atoms with Crippen LogP contribution in [0, 0.1) is 6.92 Å². The van der Waals surface area contributed by atoms with Crippen LogP contribution in [0.1, 0.15) is 5.56 Å². The molecular formula is C9H10BrO2. The van der Waals surface area contributed by atoms with Gasteiger partial charge in [0.15, 0.2) is 0 Å². The average molecular weight is 230 g/mol. The van der Waals surface area contributed by atoms with Crippen molar-refractivity contribution in [2.45, 2.75) is 0 Å². The van der Waals surface area contributed by atoms with Gasteiger partial charge in [-0.05, 0) is 40.5 Å². The van der Waals surface area contributed by atoms with Gasteiger partial charge in [-0.1, -0.05) is 0 Å². The summed E-state index contributed by atoms with van der Waals surface area (Å²) in [6, 6.07) is 3.68. The van der Waals surface area contributed by atoms with Gasteiger partial charge in [0.1, 0.15) is 16.0 Å². The van der Waals surface area contributed by atoms with Crippen molar-refractivity contribution in [3.63, 3.8) is 0 Å². The van der Waals surface area contributed by atoms with Gasteiger partial charge in [-0.15, -0.1) is 0 Å². The van der Waals surface area contributed by atoms with Crippen molar-refractivity contribution in [1.82, 2.24) is 0 Å². The molecule has 2 nitrogen and oxygen atoms in total. The molecule has 0 heterocycles. The Balaban J connectivity index is 3.22. The first-order valence-corrected chi connectivity index (χ1v) is 4.21. The highest BCUT2D eigenvalue weighted by molar-refractivity contribution is 9.10. The van der Waals surface area contributed by atoms with E-state index in [9.17, 15) is 0 Å². The standard InChI is InChI=1S/C9H10BrO2/c1-6-4-7(11-2)9(10)8(5-6)12-3/h4-5H,1H2,2-3H3. The monoisotopic (exact) mass is 229 g/mol. The largest absolute Gasteiger partial charge is 0.495 e. The second kappa shape index (κ2) is 3.81. The van der Waals surface area contributed by atoms with Gasteiger partial charge in [0.2, 0.25) is 0 Å². The van der Waals surface area contributed by atoms with E-state index in [-0.39, 0.29) is 0 Å². The van der Waals surface area contributed by atoms with E-state index in [0.29, 0.717) is 0 Å². The molecule has 0 N–H and O–H groups in total. The quantitative estimate of drug-likeness (QED) is 0.777. The lowest BCUT2D eigenvalue weighted by Gasteiger charge is -2.08. The Morgan fingerprint density at radius 1 is 1.17 bits per heavy atom. The Morgan fingerprint density at radius 3 is 1.92 bits per heavy atom. The van der Waals surface area contributed by atoms with Crippen LogP contribution >= 0.6 is 15.9 Å². The van der Waals surface area contributed by atoms with Crippen molar-refractivity contribution in [3.8, 4) is 11.5 Å². The third-order valence-corrected chi connectivity index (χ3v) is 2.29. The van der Waals surface area contributed by atoms with E-state index < -0.39 is 0 Å². The summed E-state index contributed by atoms with van der Waals surface area (Å²) in [6.45, 7) is 3.80. The molecule has 0 fully saturated rings. The third-order valence-electron chi connectivity index (χ3n) is 1.51. The zero-order valence-corrected chi connectivity index (χ0v) is 8.64. The zero-order chi connectivity index (χ0) is 9.14. The van der Waals surface area contributed by atoms with Gasteiger partial charge in [-0.2, -0.15) is 0 Å². The molecule has 3 heteroatoms. The van der Waals surface area contributed by atoms with E-state index in [1.807, 2.05) is 12.1 Å². The van der Waals surface area contributed by atoms with Gasteiger partial charge in [0.25, 0.3) is 0 Å². The first kappa shape index (κ1) is 9.39. The smallest absolute Gasteiger partial charge is 0.137 e. The molecule has 0 amide bonds. The van der Waals surface area contributed by atoms with E-state index in [1.54, 1.807) is 14.2 Å². The van der Waals surface area contributed by atoms with E-state index >= 15 is 0 Å². The minimum atomic E-state index is 0.736. The van der Waals surface area contributed by atoms with E-state index in [0.717, 1.165) is 21.5 Å². The van der Waals surface area contributed by atoms with Crippen molar-refractivity contribution in [2.75, 3.05) is 14.2 Å². The predicted octanol–water partition coefficient (Wildman–Crippen LogP) is 2.65. The summed E-state index contributed by atoms with van der Waals surface area (Å²) in [7, 11) is 3.22. The van der Waals surface area contributed by atoms with Gasteiger partial charge in [0, 0.05) is 0 Å². The van der Waals surface area contributed by atoms with Crippen LogP contribution in [0.15, 0.2) is 16.6 Å². The lowest BCUT2D eigenvalue weighted by Crippen LogP contribution is -1.90. The fraction of sp³-hybridized carbons (Fsp3) is 0.222. The third kappa shape index (κ3) is 1.72. The van der Waals surface area contributed by atoms with E-state index in [1.165, 1.54) is 0 Å². The number of rotatable bonds is 2. The molecule has 0 spiro atoms. The molecule has 65 valence electrons. The van der Waals surface area contributed by atoms with Crippen LogP contribution in [-0.2, 0) is 0 Å². The van der Waals surface area contributed by atoms with Crippen LogP contribution in [0.4, 0.5) is 0 Å². The van der Waals surface area contributed by atoms with Crippen LogP contribution in [0.5, 0.6) is 11.5 Å². The molecule has 0 unspecified atom stereocenters. The fourth-order valence-electron chi connectivity index (χ4n) is 0.924. The molecule has 0 aliphatic heterocycles. The zero-order valence-electron chi connectivity index (χ0n) is 7.06. The summed E-state index contributed by atoms with van der Waals surface area (Å²) in [4.78, 5) is 0. The van der Waals surface area contributed by atoms with Crippen LogP contribution in [0.2, 0.25) is 0 Å². The molecule has 0 aliphatic rings. The molecule has 0 bridgehead atoms. The molecule has 1 aromatic carbocycles. The lowest BCUT2D eigenvalue weighted by atomic mass is 10.2. The van der Waals surface area contributed by atoms with Crippen molar-refractivity contribution < 1.29 is 9.47 Å². The topological polar surface area (TPSA) is 18.5 Å². The fourth-order valence-corrected chi connectivity index (χ4v) is 1.48. The van der Waals surface area contributed by atoms with Crippen LogP contribution in [0.3, 0.4) is 0 Å². The SMILES string of the molecule is [CH2]c1cc(OC)c(Br)c(OC)c1. The summed E-state index contributed by atoms with van der Waals surface area (Å²) < 4.78 is 11.0. The molecule has 0 atom stereocenters. The van der Waals surface area contributed by atoms with E-state index in [2.05, 4.69) is 22.9 Å². The molecular weight excluding hydrogens is 220 g/mol. The molecule has 1 aromatic rings. The highest BCUT2D eigenvalue weighted by Crippen LogP contribution is 2.35. The lowest BCUT2D eigenvalue weighted by molar-refractivity contribution is 0.389. The molecule has 0 aliphatic carbocycles. The van der Waals surface area contributed by atoms with Gasteiger partial charge in [-0.3, -0.25) is 0 Å². The molecule has 1 rings (SSSR count). The second-order valence-electron chi connectivity index (χ2n) is 2.31. The number of methoxy groups -OCH3 is 2. The van der Waals surface area contributed by atoms with Gasteiger partial charge >= 0.3 is 0 Å². The first-order chi connectivity index (χ1) is 5.69. The Bertz CT molecular complexity index is 259. The Morgan fingerprint density at radius 2 is 1.58 bits per heavy atom. The minimum Gasteiger partial charge on any atom is -0.495 e. The predicted molar refractivity (Wildman–Crippen MR) is 51.7 cm³/mol. The Labute approximate surface area is 80.6 Å². The number of ether oxygens (including phenoxy) is 2. The summed E-state index contributed by atoms with van der Waals surface area (Å²) in [5.74, 6) is 1.47. The maximum absolute atomic E-state index is 5.10. The number of halogens is 1. The summed E-state index contributed by atoms with van der Waals surface area (Å²) in [5, 5.41) is 0. The highest BCUT2D eigenvalue weighted by Gasteiger charge is 2.07. The maximum atomic E-state index is 5.10. The van der Waals surface area contributed by atoms with Gasteiger partial charge in [0.05, 0.1) is 14.2 Å². The Kier molecular flexibility index (Phi) is 2.98. The first-order valence-electron chi connectivity index (χ1n) is 3.42. The normalized spacial score (nSPS) is 9.67. The number of hydrogen-bond acceptors (Lipinski definition) is 2. The number of hydrogen-bond donors (Lipinski definition) is 0. The van der Waals surface area contributed by atoms with Gasteiger partial charge in [-0.25, -0.2) is 0 Å². The average Bonchev–Trinajstić information content (AvgIpc) is 2.08. The Hall–Kier alpha value is -0.700. The minimum absolute atomic E-state index is 0.736.